The Bertz CT molecular complexity index is 2560. The molecule has 2 aliphatic heterocycles. The minimum atomic E-state index is -1.19. The van der Waals surface area contributed by atoms with Crippen LogP contribution in [0.5, 0.6) is 5.75 Å². The van der Waals surface area contributed by atoms with Gasteiger partial charge < -0.3 is 29.5 Å². The average Bonchev–Trinajstić information content (AvgIpc) is 4.04. The number of fused-ring (bicyclic) bond motifs is 3. The minimum absolute atomic E-state index is 0.0616. The molecule has 20 nitrogen and oxygen atoms in total. The summed E-state index contributed by atoms with van der Waals surface area (Å²) in [6.45, 7) is 14.1. The molecule has 3 N–H and O–H groups in total. The number of aromatic hydroxyl groups is 1. The summed E-state index contributed by atoms with van der Waals surface area (Å²) in [7, 11) is 6.28. The molecule has 20 heteroatoms. The number of hydroxylamine groups is 2. The second-order valence-electron chi connectivity index (χ2n) is 21.8. The van der Waals surface area contributed by atoms with E-state index in [-0.39, 0.29) is 43.1 Å². The Morgan fingerprint density at radius 3 is 2.03 bits per heavy atom. The zero-order valence-electron chi connectivity index (χ0n) is 47.1. The van der Waals surface area contributed by atoms with Crippen LogP contribution < -0.4 is 10.6 Å². The van der Waals surface area contributed by atoms with Crippen LogP contribution in [0.3, 0.4) is 0 Å². The zero-order chi connectivity index (χ0) is 57.1. The summed E-state index contributed by atoms with van der Waals surface area (Å²) >= 11 is 0. The van der Waals surface area contributed by atoms with Crippen molar-refractivity contribution in [1.82, 2.24) is 30.4 Å². The van der Waals surface area contributed by atoms with Gasteiger partial charge in [-0.15, -0.1) is 0 Å². The number of hydrogen-bond acceptors (Lipinski definition) is 14. The highest BCUT2D eigenvalue weighted by molar-refractivity contribution is 6.01. The second kappa shape index (κ2) is 27.4. The monoisotopic (exact) mass is 1080 g/mol. The van der Waals surface area contributed by atoms with Crippen LogP contribution >= 0.6 is 0 Å². The maximum atomic E-state index is 14.7. The summed E-state index contributed by atoms with van der Waals surface area (Å²) in [5.41, 5.74) is 4.08. The number of carbonyl (C=O) groups is 6. The Hall–Kier alpha value is -6.48. The number of phenols is 1. The van der Waals surface area contributed by atoms with E-state index < -0.39 is 100 Å². The molecule has 3 aliphatic rings. The van der Waals surface area contributed by atoms with Crippen LogP contribution in [0, 0.1) is 33.8 Å². The smallest absolute Gasteiger partial charge is 0.410 e. The Balaban J connectivity index is 1.13. The standard InChI is InChI=1S/C58H81N7O13/c1-12-36(6)52(61(8)50(34(2)3)55(69)60-56(70)51(35(4)5)62(9)58(72)77-33-43-41-22-15-13-20-39(41)40-21-14-16-23-42(40)43)48(75-10)32-49(67)63-27-19-24-45(63)53(76-11)37(7)54(68)59-44(57(71)64-28-17-18-29-78-64)30-38-25-26-47(66)46(31-38)65(73)74/h13-16,20-23,25-26,31,34-37,43-45,48,50-53,66H,12,17-19,24,27-30,32-33H2,1-11H3,(H,59,68)(H,60,69,70)/t36-,37+,44-,45-,48+,50-,51-,52-,53+/m0/s1. The first-order valence-corrected chi connectivity index (χ1v) is 27.4. The molecule has 3 aromatic carbocycles. The maximum absolute atomic E-state index is 14.7. The average molecular weight is 1080 g/mol. The van der Waals surface area contributed by atoms with Crippen LogP contribution in [0.25, 0.3) is 11.1 Å². The van der Waals surface area contributed by atoms with Gasteiger partial charge in [-0.1, -0.05) is 109 Å². The van der Waals surface area contributed by atoms with Gasteiger partial charge in [0.2, 0.25) is 23.6 Å². The van der Waals surface area contributed by atoms with Crippen molar-refractivity contribution in [3.63, 3.8) is 0 Å². The number of nitro benzene ring substituents is 1. The van der Waals surface area contributed by atoms with Crippen LogP contribution in [0.15, 0.2) is 66.7 Å². The molecule has 78 heavy (non-hydrogen) atoms. The van der Waals surface area contributed by atoms with E-state index in [1.165, 1.54) is 49.4 Å². The lowest BCUT2D eigenvalue weighted by Crippen LogP contribution is -2.60. The molecule has 426 valence electrons. The number of methoxy groups -OCH3 is 2. The fraction of sp³-hybridized carbons (Fsp3) is 0.586. The predicted molar refractivity (Wildman–Crippen MR) is 292 cm³/mol. The highest BCUT2D eigenvalue weighted by Gasteiger charge is 2.45. The van der Waals surface area contributed by atoms with Gasteiger partial charge >= 0.3 is 11.8 Å². The molecule has 2 heterocycles. The van der Waals surface area contributed by atoms with Gasteiger partial charge in [0.15, 0.2) is 5.75 Å². The topological polar surface area (TPSA) is 240 Å². The molecule has 6 rings (SSSR count). The van der Waals surface area contributed by atoms with Gasteiger partial charge in [-0.3, -0.25) is 54.0 Å². The van der Waals surface area contributed by atoms with Crippen molar-refractivity contribution < 1.29 is 57.8 Å². The first-order chi connectivity index (χ1) is 37.1. The van der Waals surface area contributed by atoms with Gasteiger partial charge in [0.05, 0.1) is 48.2 Å². The first-order valence-electron chi connectivity index (χ1n) is 27.4. The van der Waals surface area contributed by atoms with Gasteiger partial charge in [0.1, 0.15) is 18.7 Å². The number of likely N-dealkylation sites (tertiary alicyclic amines) is 1. The number of likely N-dealkylation sites (N-methyl/N-ethyl adjacent to an activating group) is 2. The van der Waals surface area contributed by atoms with Crippen LogP contribution in [0.2, 0.25) is 0 Å². The third-order valence-corrected chi connectivity index (χ3v) is 16.0. The molecule has 0 unspecified atom stereocenters. The Labute approximate surface area is 458 Å². The summed E-state index contributed by atoms with van der Waals surface area (Å²) in [5.74, 6) is -4.98. The van der Waals surface area contributed by atoms with Gasteiger partial charge in [-0.25, -0.2) is 9.86 Å². The Morgan fingerprint density at radius 2 is 1.46 bits per heavy atom. The maximum Gasteiger partial charge on any atom is 0.410 e. The molecule has 0 spiro atoms. The summed E-state index contributed by atoms with van der Waals surface area (Å²) in [6, 6.07) is 15.7. The van der Waals surface area contributed by atoms with Crippen molar-refractivity contribution in [2.75, 3.05) is 54.6 Å². The third-order valence-electron chi connectivity index (χ3n) is 16.0. The van der Waals surface area contributed by atoms with Crippen LogP contribution in [-0.4, -0.2) is 162 Å². The fourth-order valence-corrected chi connectivity index (χ4v) is 11.9. The molecule has 3 aromatic rings. The molecule has 0 saturated carbocycles. The second-order valence-corrected chi connectivity index (χ2v) is 21.8. The number of rotatable bonds is 24. The number of nitro groups is 1. The van der Waals surface area contributed by atoms with Crippen molar-refractivity contribution in [1.29, 1.82) is 0 Å². The summed E-state index contributed by atoms with van der Waals surface area (Å²) < 4.78 is 18.1. The number of nitrogens with zero attached hydrogens (tertiary/aromatic N) is 5. The van der Waals surface area contributed by atoms with E-state index in [1.54, 1.807) is 32.7 Å². The number of imide groups is 1. The largest absolute Gasteiger partial charge is 0.502 e. The summed E-state index contributed by atoms with van der Waals surface area (Å²) in [5, 5.41) is 28.4. The number of hydrogen-bond donors (Lipinski definition) is 3. The molecular formula is C58H81N7O13. The number of nitrogens with one attached hydrogen (secondary N) is 2. The molecule has 2 saturated heterocycles. The lowest BCUT2D eigenvalue weighted by molar-refractivity contribution is -0.385. The number of carbonyl (C=O) groups excluding carboxylic acids is 6. The molecule has 9 atom stereocenters. The predicted octanol–water partition coefficient (Wildman–Crippen LogP) is 6.85. The van der Waals surface area contributed by atoms with Gasteiger partial charge in [-0.05, 0) is 84.4 Å². The fourth-order valence-electron chi connectivity index (χ4n) is 11.9. The van der Waals surface area contributed by atoms with E-state index in [9.17, 15) is 44.0 Å². The van der Waals surface area contributed by atoms with Crippen LogP contribution in [-0.2, 0) is 49.4 Å². The van der Waals surface area contributed by atoms with Crippen LogP contribution in [0.1, 0.15) is 110 Å². The number of ether oxygens (including phenoxy) is 3. The van der Waals surface area contributed by atoms with E-state index >= 15 is 0 Å². The lowest BCUT2D eigenvalue weighted by Gasteiger charge is -2.43. The summed E-state index contributed by atoms with van der Waals surface area (Å²) in [4.78, 5) is 107. The molecular weight excluding hydrogens is 1000 g/mol. The molecule has 1 aliphatic carbocycles. The van der Waals surface area contributed by atoms with E-state index in [0.29, 0.717) is 50.9 Å². The van der Waals surface area contributed by atoms with E-state index in [4.69, 9.17) is 19.0 Å². The minimum Gasteiger partial charge on any atom is -0.502 e. The normalized spacial score (nSPS) is 18.5. The molecule has 2 fully saturated rings. The first kappa shape index (κ1) is 60.7. The zero-order valence-corrected chi connectivity index (χ0v) is 47.1. The Kier molecular flexibility index (Phi) is 21.3. The molecule has 0 bridgehead atoms. The van der Waals surface area contributed by atoms with Crippen LogP contribution in [0.4, 0.5) is 10.5 Å². The Morgan fingerprint density at radius 1 is 0.833 bits per heavy atom. The number of phenolic OH excluding ortho intramolecular Hbond substituents is 1. The quantitative estimate of drug-likeness (QED) is 0.0615. The van der Waals surface area contributed by atoms with E-state index in [1.807, 2.05) is 69.0 Å². The highest BCUT2D eigenvalue weighted by atomic mass is 16.7. The van der Waals surface area contributed by atoms with Gasteiger partial charge in [0.25, 0.3) is 5.91 Å². The summed E-state index contributed by atoms with van der Waals surface area (Å²) in [6.07, 6.45) is 0.786. The molecule has 0 aromatic heterocycles. The molecule has 6 amide bonds. The SMILES string of the molecule is CC[C@H](C)[C@@H]([C@@H](CC(=O)N1CCC[C@H]1[C@H](OC)[C@@H](C)C(=O)N[C@@H](Cc1ccc(O)c([N+](=O)[O-])c1)C(=O)N1CCCCO1)OC)N(C)[C@H](C(=O)NC(=O)[C@H](C(C)C)N(C)C(=O)OCC1c2ccccc2-c2ccccc21)C(C)C. The third kappa shape index (κ3) is 13.8. The van der Waals surface area contributed by atoms with Gasteiger partial charge in [0, 0.05) is 58.8 Å². The number of benzene rings is 3. The lowest BCUT2D eigenvalue weighted by atomic mass is 9.87. The highest BCUT2D eigenvalue weighted by Crippen LogP contribution is 2.44. The van der Waals surface area contributed by atoms with E-state index in [2.05, 4.69) is 22.8 Å². The van der Waals surface area contributed by atoms with Crippen molar-refractivity contribution in [3.05, 3.63) is 93.5 Å². The number of amides is 6. The molecule has 0 radical (unpaired) electrons. The van der Waals surface area contributed by atoms with E-state index in [0.717, 1.165) is 28.7 Å². The van der Waals surface area contributed by atoms with Crippen molar-refractivity contribution in [2.45, 2.75) is 142 Å². The van der Waals surface area contributed by atoms with Crippen molar-refractivity contribution >= 4 is 41.3 Å². The van der Waals surface area contributed by atoms with Crippen molar-refractivity contribution in [3.8, 4) is 16.9 Å². The van der Waals surface area contributed by atoms with Gasteiger partial charge in [-0.2, -0.15) is 0 Å². The van der Waals surface area contributed by atoms with Crippen molar-refractivity contribution in [2.24, 2.45) is 23.7 Å².